The summed E-state index contributed by atoms with van der Waals surface area (Å²) in [6.07, 6.45) is 28.9. The minimum absolute atomic E-state index is 0.293. The van der Waals surface area contributed by atoms with Crippen molar-refractivity contribution in [1.82, 2.24) is 4.90 Å². The van der Waals surface area contributed by atoms with Crippen LogP contribution in [0.15, 0.2) is 57.2 Å². The van der Waals surface area contributed by atoms with Gasteiger partial charge in [0.25, 0.3) is 5.91 Å². The average Bonchev–Trinajstić information content (AvgIpc) is 3.36. The summed E-state index contributed by atoms with van der Waals surface area (Å²) in [5.74, 6) is -0.764. The number of para-hydroxylation sites is 1. The number of carboxylic acid groups (broad SMARTS) is 1. The zero-order valence-corrected chi connectivity index (χ0v) is 33.1. The van der Waals surface area contributed by atoms with E-state index in [-0.39, 0.29) is 5.91 Å². The van der Waals surface area contributed by atoms with E-state index in [9.17, 15) is 14.7 Å². The number of carbonyl (C=O) groups excluding carboxylic acids is 1. The first kappa shape index (κ1) is 40.5. The Kier molecular flexibility index (Phi) is 18.3. The molecule has 1 amide bonds. The molecule has 0 saturated carbocycles. The summed E-state index contributed by atoms with van der Waals surface area (Å²) < 4.78 is 0.293. The Labute approximate surface area is 316 Å². The van der Waals surface area contributed by atoms with E-state index in [0.29, 0.717) is 15.1 Å². The molecule has 0 aliphatic carbocycles. The van der Waals surface area contributed by atoms with Crippen LogP contribution < -0.4 is 4.90 Å². The predicted molar refractivity (Wildman–Crippen MR) is 219 cm³/mol. The van der Waals surface area contributed by atoms with Crippen LogP contribution >= 0.6 is 35.7 Å². The number of thiocarbonyl (C=S) groups is 1. The zero-order chi connectivity index (χ0) is 35.6. The zero-order valence-electron chi connectivity index (χ0n) is 30.6. The normalized spacial score (nSPS) is 15.5. The monoisotopic (exact) mass is 736 g/mol. The van der Waals surface area contributed by atoms with Gasteiger partial charge in [-0.1, -0.05) is 183 Å². The summed E-state index contributed by atoms with van der Waals surface area (Å²) in [5.41, 5.74) is 3.44. The summed E-state index contributed by atoms with van der Waals surface area (Å²) in [5, 5.41) is 9.23. The average molecular weight is 737 g/mol. The van der Waals surface area contributed by atoms with E-state index in [0.717, 1.165) is 12.1 Å². The smallest absolute Gasteiger partial charge is 0.323 e. The Morgan fingerprint density at radius 2 is 1.26 bits per heavy atom. The van der Waals surface area contributed by atoms with Gasteiger partial charge in [0, 0.05) is 16.3 Å². The minimum Gasteiger partial charge on any atom is -0.480 e. The maximum absolute atomic E-state index is 12.9. The molecule has 2 aliphatic heterocycles. The van der Waals surface area contributed by atoms with E-state index in [1.807, 2.05) is 6.08 Å². The maximum Gasteiger partial charge on any atom is 0.323 e. The standard InChI is InChI=1S/C42H60N2O3S3/c1-3-5-7-9-11-13-14-16-18-20-24-33(23-19-17-15-12-10-8-6-4-2)31-43-35-25-21-22-26-37(35)49-38-29-34(27-28-36(38)43)30-39-41(47)44(32-40(45)46)42(48)50-39/h21-22,25-30,33H,3-20,23-24,31-32H2,1-2H3,(H,45,46)/b39-30-. The van der Waals surface area contributed by atoms with Crippen LogP contribution in [0.1, 0.15) is 148 Å². The summed E-state index contributed by atoms with van der Waals surface area (Å²) in [6.45, 7) is 5.19. The number of anilines is 2. The molecule has 274 valence electrons. The van der Waals surface area contributed by atoms with Crippen molar-refractivity contribution in [2.24, 2.45) is 5.92 Å². The number of unbranched alkanes of at least 4 members (excludes halogenated alkanes) is 16. The molecule has 50 heavy (non-hydrogen) atoms. The predicted octanol–water partition coefficient (Wildman–Crippen LogP) is 13.0. The van der Waals surface area contributed by atoms with Crippen molar-refractivity contribution in [1.29, 1.82) is 0 Å². The number of hydrogen-bond donors (Lipinski definition) is 1. The Morgan fingerprint density at radius 3 is 1.84 bits per heavy atom. The highest BCUT2D eigenvalue weighted by atomic mass is 32.2. The van der Waals surface area contributed by atoms with E-state index >= 15 is 0 Å². The highest BCUT2D eigenvalue weighted by molar-refractivity contribution is 8.26. The molecule has 1 N–H and O–H groups in total. The van der Waals surface area contributed by atoms with Gasteiger partial charge in [-0.15, -0.1) is 0 Å². The van der Waals surface area contributed by atoms with Crippen molar-refractivity contribution >= 4 is 69.4 Å². The molecule has 2 aromatic carbocycles. The fourth-order valence-electron chi connectivity index (χ4n) is 7.13. The molecular formula is C42H60N2O3S3. The van der Waals surface area contributed by atoms with Crippen molar-refractivity contribution in [2.45, 2.75) is 152 Å². The van der Waals surface area contributed by atoms with E-state index < -0.39 is 12.5 Å². The summed E-state index contributed by atoms with van der Waals surface area (Å²) in [6, 6.07) is 15.2. The first-order chi connectivity index (χ1) is 24.4. The summed E-state index contributed by atoms with van der Waals surface area (Å²) >= 11 is 8.28. The Balaban J connectivity index is 1.42. The molecule has 2 aliphatic rings. The Hall–Kier alpha value is -2.29. The topological polar surface area (TPSA) is 60.9 Å². The van der Waals surface area contributed by atoms with Crippen molar-refractivity contribution in [3.63, 3.8) is 0 Å². The van der Waals surface area contributed by atoms with Gasteiger partial charge in [-0.25, -0.2) is 0 Å². The fraction of sp³-hybridized carbons (Fsp3) is 0.595. The van der Waals surface area contributed by atoms with Gasteiger partial charge in [0.1, 0.15) is 10.9 Å². The van der Waals surface area contributed by atoms with Crippen LogP contribution in [-0.2, 0) is 9.59 Å². The number of benzene rings is 2. The number of nitrogens with zero attached hydrogens (tertiary/aromatic N) is 2. The van der Waals surface area contributed by atoms with Crippen LogP contribution in [0.2, 0.25) is 0 Å². The molecule has 1 fully saturated rings. The molecule has 5 nitrogen and oxygen atoms in total. The second kappa shape index (κ2) is 22.6. The number of carbonyl (C=O) groups is 2. The molecule has 1 atom stereocenters. The van der Waals surface area contributed by atoms with Gasteiger partial charge in [-0.05, 0) is 54.7 Å². The van der Waals surface area contributed by atoms with Gasteiger partial charge in [0.05, 0.1) is 16.3 Å². The van der Waals surface area contributed by atoms with Crippen LogP contribution in [0, 0.1) is 5.92 Å². The van der Waals surface area contributed by atoms with Crippen LogP contribution in [0.4, 0.5) is 11.4 Å². The third kappa shape index (κ3) is 13.0. The van der Waals surface area contributed by atoms with Crippen molar-refractivity contribution in [3.8, 4) is 0 Å². The minimum atomic E-state index is -1.07. The van der Waals surface area contributed by atoms with Crippen molar-refractivity contribution in [2.75, 3.05) is 18.0 Å². The molecule has 2 heterocycles. The largest absolute Gasteiger partial charge is 0.480 e. The van der Waals surface area contributed by atoms with Crippen LogP contribution in [0.3, 0.4) is 0 Å². The third-order valence-corrected chi connectivity index (χ3v) is 12.5. The fourth-order valence-corrected chi connectivity index (χ4v) is 9.53. The SMILES string of the molecule is CCCCCCCCCCCCC(CCCCCCCCCC)CN1c2ccccc2Sc2cc(/C=C3\SC(=S)N(CC(=O)O)C3=O)ccc21. The quantitative estimate of drug-likeness (QED) is 0.0618. The highest BCUT2D eigenvalue weighted by Crippen LogP contribution is 2.49. The number of rotatable bonds is 25. The van der Waals surface area contributed by atoms with E-state index in [4.69, 9.17) is 12.2 Å². The first-order valence-electron chi connectivity index (χ1n) is 19.6. The first-order valence-corrected chi connectivity index (χ1v) is 21.6. The number of carboxylic acids is 1. The summed E-state index contributed by atoms with van der Waals surface area (Å²) in [4.78, 5) is 30.9. The Bertz CT molecular complexity index is 1410. The molecular weight excluding hydrogens is 677 g/mol. The lowest BCUT2D eigenvalue weighted by Crippen LogP contribution is -2.33. The Morgan fingerprint density at radius 1 is 0.720 bits per heavy atom. The van der Waals surface area contributed by atoms with Gasteiger partial charge in [0.2, 0.25) is 0 Å². The van der Waals surface area contributed by atoms with Gasteiger partial charge >= 0.3 is 5.97 Å². The van der Waals surface area contributed by atoms with Gasteiger partial charge < -0.3 is 10.0 Å². The van der Waals surface area contributed by atoms with Crippen molar-refractivity contribution in [3.05, 3.63) is 52.9 Å². The van der Waals surface area contributed by atoms with Crippen LogP contribution in [0.5, 0.6) is 0 Å². The maximum atomic E-state index is 12.9. The molecule has 4 rings (SSSR count). The number of amides is 1. The molecule has 2 aromatic rings. The van der Waals surface area contributed by atoms with Crippen LogP contribution in [0.25, 0.3) is 6.08 Å². The third-order valence-electron chi connectivity index (χ3n) is 9.99. The van der Waals surface area contributed by atoms with Crippen molar-refractivity contribution < 1.29 is 14.7 Å². The highest BCUT2D eigenvalue weighted by Gasteiger charge is 2.33. The van der Waals surface area contributed by atoms with Crippen LogP contribution in [-0.4, -0.2) is 39.3 Å². The second-order valence-corrected chi connectivity index (χ2v) is 16.9. The lowest BCUT2D eigenvalue weighted by atomic mass is 9.93. The van der Waals surface area contributed by atoms with E-state index in [2.05, 4.69) is 61.2 Å². The number of thioether (sulfide) groups is 1. The summed E-state index contributed by atoms with van der Waals surface area (Å²) in [7, 11) is 0. The molecule has 1 unspecified atom stereocenters. The number of hydrogen-bond acceptors (Lipinski definition) is 6. The van der Waals surface area contributed by atoms with Gasteiger partial charge in [-0.2, -0.15) is 0 Å². The molecule has 1 saturated heterocycles. The molecule has 0 aromatic heterocycles. The number of fused-ring (bicyclic) bond motifs is 2. The molecule has 0 bridgehead atoms. The van der Waals surface area contributed by atoms with E-state index in [1.54, 1.807) is 11.8 Å². The van der Waals surface area contributed by atoms with E-state index in [1.165, 1.54) is 166 Å². The molecule has 0 spiro atoms. The second-order valence-electron chi connectivity index (χ2n) is 14.2. The molecule has 8 heteroatoms. The lowest BCUT2D eigenvalue weighted by Gasteiger charge is -2.35. The number of aliphatic carboxylic acids is 1. The lowest BCUT2D eigenvalue weighted by molar-refractivity contribution is -0.140. The van der Waals surface area contributed by atoms with Gasteiger partial charge in [-0.3, -0.25) is 14.5 Å². The molecule has 0 radical (unpaired) electrons. The van der Waals surface area contributed by atoms with Gasteiger partial charge in [0.15, 0.2) is 0 Å².